The van der Waals surface area contributed by atoms with Crippen LogP contribution in [0.5, 0.6) is 0 Å². The Labute approximate surface area is 160 Å². The Kier molecular flexibility index (Phi) is 6.63. The van der Waals surface area contributed by atoms with Gasteiger partial charge in [0.25, 0.3) is 0 Å². The van der Waals surface area contributed by atoms with Crippen molar-refractivity contribution in [3.8, 4) is 0 Å². The second kappa shape index (κ2) is 8.55. The lowest BCUT2D eigenvalue weighted by atomic mass is 10.1. The molecule has 0 unspecified atom stereocenters. The molecule has 0 bridgehead atoms. The molecule has 10 nitrogen and oxygen atoms in total. The second-order valence-electron chi connectivity index (χ2n) is 7.96. The highest BCUT2D eigenvalue weighted by atomic mass is 16.6. The molecule has 1 aliphatic heterocycles. The fraction of sp³-hybridized carbons (Fsp3) is 0.765. The molecular formula is C17H31N7O3. The second-order valence-corrected chi connectivity index (χ2v) is 7.96. The molecule has 27 heavy (non-hydrogen) atoms. The molecule has 152 valence electrons. The molecule has 1 aliphatic rings. The van der Waals surface area contributed by atoms with Crippen LogP contribution in [-0.4, -0.2) is 81.6 Å². The quantitative estimate of drug-likeness (QED) is 0.797. The van der Waals surface area contributed by atoms with Gasteiger partial charge in [0.15, 0.2) is 5.82 Å². The summed E-state index contributed by atoms with van der Waals surface area (Å²) in [5.74, 6) is 0.681. The smallest absolute Gasteiger partial charge is 0.407 e. The highest BCUT2D eigenvalue weighted by Crippen LogP contribution is 2.13. The first-order chi connectivity index (χ1) is 12.6. The third-order valence-corrected chi connectivity index (χ3v) is 4.30. The minimum absolute atomic E-state index is 0.150. The minimum Gasteiger partial charge on any atom is -0.444 e. The summed E-state index contributed by atoms with van der Waals surface area (Å²) in [4.78, 5) is 28.6. The van der Waals surface area contributed by atoms with Crippen molar-refractivity contribution in [1.82, 2.24) is 35.2 Å². The molecule has 10 heteroatoms. The summed E-state index contributed by atoms with van der Waals surface area (Å²) in [5, 5.41) is 13.6. The van der Waals surface area contributed by atoms with Crippen molar-refractivity contribution in [3.05, 3.63) is 12.2 Å². The van der Waals surface area contributed by atoms with Crippen molar-refractivity contribution in [3.63, 3.8) is 0 Å². The van der Waals surface area contributed by atoms with Crippen LogP contribution in [0, 0.1) is 0 Å². The molecule has 1 aromatic heterocycles. The summed E-state index contributed by atoms with van der Waals surface area (Å²) in [5.41, 5.74) is -0.559. The topological polar surface area (TPSA) is 105 Å². The van der Waals surface area contributed by atoms with Gasteiger partial charge in [-0.15, -0.1) is 10.2 Å². The van der Waals surface area contributed by atoms with Gasteiger partial charge in [-0.25, -0.2) is 9.59 Å². The van der Waals surface area contributed by atoms with E-state index in [-0.39, 0.29) is 18.1 Å². The van der Waals surface area contributed by atoms with Crippen LogP contribution < -0.4 is 10.6 Å². The number of aryl methyl sites for hydroxylation is 1. The van der Waals surface area contributed by atoms with E-state index in [4.69, 9.17) is 4.74 Å². The van der Waals surface area contributed by atoms with E-state index in [1.54, 1.807) is 15.8 Å². The minimum atomic E-state index is -0.559. The van der Waals surface area contributed by atoms with Crippen LogP contribution in [0.3, 0.4) is 0 Å². The number of nitrogens with zero attached hydrogens (tertiary/aromatic N) is 5. The van der Waals surface area contributed by atoms with Crippen LogP contribution >= 0.6 is 0 Å². The molecule has 0 radical (unpaired) electrons. The van der Waals surface area contributed by atoms with Crippen molar-refractivity contribution in [2.45, 2.75) is 45.4 Å². The van der Waals surface area contributed by atoms with Crippen LogP contribution in [0.4, 0.5) is 9.59 Å². The van der Waals surface area contributed by atoms with Crippen molar-refractivity contribution in [1.29, 1.82) is 0 Å². The third-order valence-electron chi connectivity index (χ3n) is 4.30. The molecule has 0 aromatic carbocycles. The number of nitrogens with one attached hydrogen (secondary N) is 2. The number of aromatic nitrogens is 3. The maximum absolute atomic E-state index is 12.8. The Hall–Kier alpha value is -2.36. The van der Waals surface area contributed by atoms with Crippen molar-refractivity contribution in [2.75, 3.05) is 33.2 Å². The maximum atomic E-state index is 12.8. The lowest BCUT2D eigenvalue weighted by molar-refractivity contribution is 0.0485. The first-order valence-corrected chi connectivity index (χ1v) is 9.13. The third kappa shape index (κ3) is 6.09. The zero-order valence-corrected chi connectivity index (χ0v) is 17.0. The molecule has 1 fully saturated rings. The summed E-state index contributed by atoms with van der Waals surface area (Å²) in [6.07, 6.45) is 1.12. The Morgan fingerprint density at radius 3 is 2.63 bits per heavy atom. The molecule has 2 rings (SSSR count). The van der Waals surface area contributed by atoms with Crippen LogP contribution in [-0.2, 0) is 11.8 Å². The molecule has 0 saturated carbocycles. The van der Waals surface area contributed by atoms with Gasteiger partial charge >= 0.3 is 12.1 Å². The Bertz CT molecular complexity index is 655. The van der Waals surface area contributed by atoms with Crippen molar-refractivity contribution >= 4 is 12.1 Å². The molecule has 2 N–H and O–H groups in total. The Balaban J connectivity index is 1.96. The van der Waals surface area contributed by atoms with E-state index >= 15 is 0 Å². The summed E-state index contributed by atoms with van der Waals surface area (Å²) in [7, 11) is 3.83. The van der Waals surface area contributed by atoms with Gasteiger partial charge in [-0.3, -0.25) is 0 Å². The highest BCUT2D eigenvalue weighted by Gasteiger charge is 2.31. The van der Waals surface area contributed by atoms with Crippen molar-refractivity contribution < 1.29 is 14.3 Å². The SMILES string of the molecule is C[C@H](NC(=O)N1CCN(C)C[C@H]1CNC(=O)OC(C)(C)C)c1nncn1C. The van der Waals surface area contributed by atoms with Crippen LogP contribution in [0.2, 0.25) is 0 Å². The molecule has 2 heterocycles. The number of hydrogen-bond acceptors (Lipinski definition) is 6. The number of amides is 3. The predicted octanol–water partition coefficient (Wildman–Crippen LogP) is 0.726. The largest absolute Gasteiger partial charge is 0.444 e. The van der Waals surface area contributed by atoms with Crippen LogP contribution in [0.15, 0.2) is 6.33 Å². The van der Waals surface area contributed by atoms with Gasteiger partial charge in [-0.05, 0) is 34.7 Å². The average Bonchev–Trinajstić information content (AvgIpc) is 2.97. The molecule has 1 aromatic rings. The Morgan fingerprint density at radius 1 is 1.33 bits per heavy atom. The standard InChI is InChI=1S/C17H31N7O3/c1-12(14-21-19-11-23(14)6)20-15(25)24-8-7-22(5)10-13(24)9-18-16(26)27-17(2,3)4/h11-13H,7-10H2,1-6H3,(H,18,26)(H,20,25)/t12-,13+/m0/s1. The normalized spacial score (nSPS) is 19.5. The fourth-order valence-corrected chi connectivity index (χ4v) is 2.98. The van der Waals surface area contributed by atoms with E-state index in [2.05, 4.69) is 25.7 Å². The van der Waals surface area contributed by atoms with E-state index in [1.165, 1.54) is 0 Å². The summed E-state index contributed by atoms with van der Waals surface area (Å²) in [6.45, 7) is 9.65. The zero-order valence-electron chi connectivity index (χ0n) is 17.0. The number of rotatable bonds is 4. The van der Waals surface area contributed by atoms with E-state index in [1.807, 2.05) is 41.8 Å². The molecule has 1 saturated heterocycles. The first-order valence-electron chi connectivity index (χ1n) is 9.13. The van der Waals surface area contributed by atoms with Gasteiger partial charge in [-0.2, -0.15) is 0 Å². The molecular weight excluding hydrogens is 350 g/mol. The number of hydrogen-bond donors (Lipinski definition) is 2. The number of carbonyl (C=O) groups excluding carboxylic acids is 2. The van der Waals surface area contributed by atoms with Gasteiger partial charge in [0.2, 0.25) is 0 Å². The zero-order chi connectivity index (χ0) is 20.2. The van der Waals surface area contributed by atoms with E-state index < -0.39 is 11.7 Å². The highest BCUT2D eigenvalue weighted by molar-refractivity contribution is 5.75. The average molecular weight is 381 g/mol. The van der Waals surface area contributed by atoms with E-state index in [0.717, 1.165) is 6.54 Å². The fourth-order valence-electron chi connectivity index (χ4n) is 2.98. The van der Waals surface area contributed by atoms with Crippen LogP contribution in [0.1, 0.15) is 39.6 Å². The summed E-state index contributed by atoms with van der Waals surface area (Å²) < 4.78 is 7.05. The number of ether oxygens (including phenoxy) is 1. The lowest BCUT2D eigenvalue weighted by Crippen LogP contribution is -2.60. The molecule has 0 spiro atoms. The van der Waals surface area contributed by atoms with Crippen LogP contribution in [0.25, 0.3) is 0 Å². The lowest BCUT2D eigenvalue weighted by Gasteiger charge is -2.40. The predicted molar refractivity (Wildman–Crippen MR) is 100 cm³/mol. The summed E-state index contributed by atoms with van der Waals surface area (Å²) in [6, 6.07) is -0.610. The molecule has 0 aliphatic carbocycles. The van der Waals surface area contributed by atoms with E-state index in [9.17, 15) is 9.59 Å². The van der Waals surface area contributed by atoms with Gasteiger partial charge in [-0.1, -0.05) is 0 Å². The van der Waals surface area contributed by atoms with Gasteiger partial charge in [0.05, 0.1) is 12.1 Å². The van der Waals surface area contributed by atoms with Gasteiger partial charge in [0, 0.05) is 33.2 Å². The number of urea groups is 1. The van der Waals surface area contributed by atoms with Crippen molar-refractivity contribution in [2.24, 2.45) is 7.05 Å². The molecule has 3 amide bonds. The number of alkyl carbamates (subject to hydrolysis) is 1. The number of likely N-dealkylation sites (N-methyl/N-ethyl adjacent to an activating group) is 1. The van der Waals surface area contributed by atoms with E-state index in [0.29, 0.717) is 25.5 Å². The molecule has 2 atom stereocenters. The number of carbonyl (C=O) groups is 2. The Morgan fingerprint density at radius 2 is 2.04 bits per heavy atom. The number of piperazine rings is 1. The van der Waals surface area contributed by atoms with Gasteiger partial charge < -0.3 is 29.7 Å². The summed E-state index contributed by atoms with van der Waals surface area (Å²) >= 11 is 0. The first kappa shape index (κ1) is 20.9. The van der Waals surface area contributed by atoms with Gasteiger partial charge in [0.1, 0.15) is 11.9 Å². The maximum Gasteiger partial charge on any atom is 0.407 e. The monoisotopic (exact) mass is 381 g/mol.